The lowest BCUT2D eigenvalue weighted by Crippen LogP contribution is -2.47. The van der Waals surface area contributed by atoms with Crippen LogP contribution in [0.2, 0.25) is 0 Å². The highest BCUT2D eigenvalue weighted by atomic mass is 32.2. The molecule has 3 saturated heterocycles. The van der Waals surface area contributed by atoms with E-state index in [1.807, 2.05) is 92.0 Å². The Hall–Kier alpha value is -6.00. The van der Waals surface area contributed by atoms with Crippen LogP contribution in [0.3, 0.4) is 0 Å². The molecule has 3 fully saturated rings. The molecule has 4 amide bonds. The van der Waals surface area contributed by atoms with Crippen LogP contribution in [0.4, 0.5) is 14.5 Å². The molecule has 0 saturated carbocycles. The molecule has 4 aliphatic rings. The molecule has 1 aromatic heterocycles. The van der Waals surface area contributed by atoms with Crippen molar-refractivity contribution in [3.63, 3.8) is 0 Å². The van der Waals surface area contributed by atoms with E-state index in [0.29, 0.717) is 84.5 Å². The summed E-state index contributed by atoms with van der Waals surface area (Å²) < 4.78 is 46.9. The van der Waals surface area contributed by atoms with Gasteiger partial charge in [0.05, 0.1) is 54.6 Å². The second-order valence-corrected chi connectivity index (χ2v) is 18.6. The molecule has 13 nitrogen and oxygen atoms in total. The molecule has 4 aliphatic heterocycles. The van der Waals surface area contributed by atoms with Crippen molar-refractivity contribution in [3.05, 3.63) is 107 Å². The Morgan fingerprint density at radius 3 is 2.31 bits per heavy atom. The van der Waals surface area contributed by atoms with Crippen LogP contribution in [0.25, 0.3) is 10.9 Å². The SMILES string of the molecule is CC1CCN(Cc2ccc(Oc3ccc4c(C5CCC(=O)NC5=O)nn(C)c4c3)cc2)CC1(F)F.CCOc1cc(C(CSC)N2C(=O)c3ccc(N4CCCCC4)cc3C2=O)ccc1OC. The first-order valence-corrected chi connectivity index (χ1v) is 24.4. The van der Waals surface area contributed by atoms with Crippen LogP contribution < -0.4 is 24.4 Å². The molecule has 3 atom stereocenters. The fourth-order valence-electron chi connectivity index (χ4n) is 9.38. The number of hydrogen-bond acceptors (Lipinski definition) is 11. The molecule has 67 heavy (non-hydrogen) atoms. The lowest BCUT2D eigenvalue weighted by molar-refractivity contribution is -0.134. The van der Waals surface area contributed by atoms with Crippen LogP contribution >= 0.6 is 11.8 Å². The number of ether oxygens (including phenoxy) is 3. The first-order valence-electron chi connectivity index (χ1n) is 23.0. The zero-order valence-electron chi connectivity index (χ0n) is 38.7. The van der Waals surface area contributed by atoms with Crippen LogP contribution in [0.1, 0.15) is 102 Å². The number of carbonyl (C=O) groups excluding carboxylic acids is 4. The topological polar surface area (TPSA) is 136 Å². The van der Waals surface area contributed by atoms with E-state index in [0.717, 1.165) is 53.6 Å². The number of rotatable bonds is 13. The zero-order chi connectivity index (χ0) is 47.4. The van der Waals surface area contributed by atoms with Crippen molar-refractivity contribution in [2.75, 3.05) is 56.8 Å². The number of thioether (sulfide) groups is 1. The lowest BCUT2D eigenvalue weighted by atomic mass is 9.93. The molecule has 3 unspecified atom stereocenters. The van der Waals surface area contributed by atoms with Gasteiger partial charge in [-0.25, -0.2) is 8.78 Å². The highest BCUT2D eigenvalue weighted by Crippen LogP contribution is 2.39. The standard InChI is InChI=1S/C26H28F2N4O3.C25H30N2O4S/c1-16-11-12-32(15-26(16,27)28)14-17-3-5-18(6-4-17)35-19-7-8-20-22(13-19)31(2)30-24(20)21-9-10-23(33)29-25(21)34;1-4-31-23-14-17(8-11-22(23)30-2)21(16-32-3)27-24(28)19-10-9-18(15-20(19)25(27)29)26-12-6-5-7-13-26/h3-8,13,16,21H,9-12,14-15H2,1-2H3,(H,29,33,34);8-11,14-15,21H,4-7,12-13,16H2,1-3H3. The maximum absolute atomic E-state index is 14.0. The Balaban J connectivity index is 0.000000182. The van der Waals surface area contributed by atoms with E-state index in [9.17, 15) is 28.0 Å². The molecule has 9 rings (SSSR count). The predicted molar refractivity (Wildman–Crippen MR) is 255 cm³/mol. The van der Waals surface area contributed by atoms with E-state index >= 15 is 0 Å². The molecule has 4 aromatic carbocycles. The Labute approximate surface area is 394 Å². The minimum Gasteiger partial charge on any atom is -0.493 e. The van der Waals surface area contributed by atoms with Crippen molar-refractivity contribution in [2.24, 2.45) is 13.0 Å². The number of likely N-dealkylation sites (tertiary alicyclic amines) is 1. The number of fused-ring (bicyclic) bond motifs is 2. The number of nitrogens with zero attached hydrogens (tertiary/aromatic N) is 5. The first kappa shape index (κ1) is 47.5. The Morgan fingerprint density at radius 1 is 0.866 bits per heavy atom. The molecule has 354 valence electrons. The predicted octanol–water partition coefficient (Wildman–Crippen LogP) is 9.15. The molecule has 0 bridgehead atoms. The lowest BCUT2D eigenvalue weighted by Gasteiger charge is -2.36. The Morgan fingerprint density at radius 2 is 1.61 bits per heavy atom. The van der Waals surface area contributed by atoms with Gasteiger partial charge in [0.2, 0.25) is 11.8 Å². The van der Waals surface area contributed by atoms with Crippen LogP contribution in [0.5, 0.6) is 23.0 Å². The van der Waals surface area contributed by atoms with E-state index < -0.39 is 17.8 Å². The zero-order valence-corrected chi connectivity index (χ0v) is 39.5. The van der Waals surface area contributed by atoms with Gasteiger partial charge >= 0.3 is 0 Å². The average molecular weight is 937 g/mol. The van der Waals surface area contributed by atoms with Gasteiger partial charge in [0.15, 0.2) is 11.5 Å². The van der Waals surface area contributed by atoms with Crippen molar-refractivity contribution in [3.8, 4) is 23.0 Å². The maximum Gasteiger partial charge on any atom is 0.263 e. The molecule has 5 heterocycles. The minimum absolute atomic E-state index is 0.210. The Kier molecular flexibility index (Phi) is 14.5. The van der Waals surface area contributed by atoms with E-state index in [1.165, 1.54) is 11.3 Å². The van der Waals surface area contributed by atoms with Gasteiger partial charge in [-0.1, -0.05) is 25.1 Å². The number of benzene rings is 4. The fourth-order valence-corrected chi connectivity index (χ4v) is 10.0. The number of hydrogen-bond donors (Lipinski definition) is 1. The number of imide groups is 2. The molecule has 5 aromatic rings. The smallest absolute Gasteiger partial charge is 0.263 e. The number of piperidine rings is 3. The molecule has 0 aliphatic carbocycles. The summed E-state index contributed by atoms with van der Waals surface area (Å²) in [4.78, 5) is 56.2. The normalized spacial score (nSPS) is 20.0. The minimum atomic E-state index is -2.65. The molecular weight excluding hydrogens is 879 g/mol. The number of methoxy groups -OCH3 is 1. The summed E-state index contributed by atoms with van der Waals surface area (Å²) in [7, 11) is 3.40. The second kappa shape index (κ2) is 20.5. The summed E-state index contributed by atoms with van der Waals surface area (Å²) in [6, 6.07) is 24.0. The number of halogens is 2. The van der Waals surface area contributed by atoms with Crippen molar-refractivity contribution in [1.29, 1.82) is 0 Å². The van der Waals surface area contributed by atoms with E-state index in [-0.39, 0.29) is 36.2 Å². The van der Waals surface area contributed by atoms with Gasteiger partial charge in [-0.05, 0) is 118 Å². The molecule has 0 radical (unpaired) electrons. The van der Waals surface area contributed by atoms with Crippen molar-refractivity contribution in [1.82, 2.24) is 24.9 Å². The van der Waals surface area contributed by atoms with Gasteiger partial charge in [0, 0.05) is 61.9 Å². The van der Waals surface area contributed by atoms with Crippen molar-refractivity contribution >= 4 is 52.0 Å². The van der Waals surface area contributed by atoms with Gasteiger partial charge in [0.1, 0.15) is 11.5 Å². The van der Waals surface area contributed by atoms with Gasteiger partial charge in [-0.15, -0.1) is 0 Å². The van der Waals surface area contributed by atoms with Gasteiger partial charge in [-0.2, -0.15) is 16.9 Å². The number of carbonyl (C=O) groups is 4. The average Bonchev–Trinajstić information content (AvgIpc) is 3.78. The number of aromatic nitrogens is 2. The number of anilines is 1. The summed E-state index contributed by atoms with van der Waals surface area (Å²) in [5.74, 6) is -1.61. The monoisotopic (exact) mass is 936 g/mol. The van der Waals surface area contributed by atoms with Crippen molar-refractivity contribution in [2.45, 2.75) is 76.8 Å². The summed E-state index contributed by atoms with van der Waals surface area (Å²) >= 11 is 1.60. The fraction of sp³-hybridized carbons (Fsp3) is 0.431. The van der Waals surface area contributed by atoms with E-state index in [1.54, 1.807) is 42.4 Å². The third-order valence-electron chi connectivity index (χ3n) is 13.2. The number of aryl methyl sites for hydroxylation is 1. The quantitative estimate of drug-likeness (QED) is 0.113. The summed E-state index contributed by atoms with van der Waals surface area (Å²) in [5, 5.41) is 7.78. The van der Waals surface area contributed by atoms with Gasteiger partial charge in [-0.3, -0.25) is 39.0 Å². The number of nitrogens with one attached hydrogen (secondary N) is 1. The number of alkyl halides is 2. The van der Waals surface area contributed by atoms with Gasteiger partial charge < -0.3 is 19.1 Å². The van der Waals surface area contributed by atoms with Crippen LogP contribution in [0.15, 0.2) is 78.9 Å². The molecule has 1 N–H and O–H groups in total. The third kappa shape index (κ3) is 10.3. The highest BCUT2D eigenvalue weighted by Gasteiger charge is 2.42. The third-order valence-corrected chi connectivity index (χ3v) is 13.8. The molecular formula is C51H58F2N6O7S. The Bertz CT molecular complexity index is 2630. The largest absolute Gasteiger partial charge is 0.493 e. The molecule has 0 spiro atoms. The van der Waals surface area contributed by atoms with E-state index in [2.05, 4.69) is 15.3 Å². The first-order chi connectivity index (χ1) is 32.3. The summed E-state index contributed by atoms with van der Waals surface area (Å²) in [5.41, 5.74) is 5.30. The maximum atomic E-state index is 14.0. The summed E-state index contributed by atoms with van der Waals surface area (Å²) in [6.45, 7) is 6.94. The van der Waals surface area contributed by atoms with Gasteiger partial charge in [0.25, 0.3) is 17.7 Å². The summed E-state index contributed by atoms with van der Waals surface area (Å²) in [6.07, 6.45) is 6.77. The van der Waals surface area contributed by atoms with Crippen LogP contribution in [-0.2, 0) is 23.2 Å². The van der Waals surface area contributed by atoms with Crippen LogP contribution in [0, 0.1) is 5.92 Å². The second-order valence-electron chi connectivity index (χ2n) is 17.7. The van der Waals surface area contributed by atoms with Crippen LogP contribution in [-0.4, -0.2) is 101 Å². The highest BCUT2D eigenvalue weighted by molar-refractivity contribution is 7.98. The molecule has 16 heteroatoms. The number of amides is 4. The van der Waals surface area contributed by atoms with Crippen molar-refractivity contribution < 1.29 is 42.2 Å². The van der Waals surface area contributed by atoms with E-state index in [4.69, 9.17) is 14.2 Å².